The zero-order chi connectivity index (χ0) is 7.40. The van der Waals surface area contributed by atoms with Crippen LogP contribution in [0.15, 0.2) is 16.7 Å². The Morgan fingerprint density at radius 3 is 3.10 bits per heavy atom. The lowest BCUT2D eigenvalue weighted by molar-refractivity contribution is 0.509. The first-order chi connectivity index (χ1) is 4.88. The fourth-order valence-electron chi connectivity index (χ4n) is 0.765. The van der Waals surface area contributed by atoms with Crippen molar-refractivity contribution in [2.45, 2.75) is 6.42 Å². The Kier molecular flexibility index (Phi) is 2.08. The van der Waals surface area contributed by atoms with E-state index in [9.17, 15) is 0 Å². The van der Waals surface area contributed by atoms with Gasteiger partial charge in [0.1, 0.15) is 11.8 Å². The average Bonchev–Trinajstić information content (AvgIpc) is 2.36. The summed E-state index contributed by atoms with van der Waals surface area (Å²) in [4.78, 5) is 0. The fourth-order valence-corrected chi connectivity index (χ4v) is 0.765. The van der Waals surface area contributed by atoms with Crippen molar-refractivity contribution in [2.24, 2.45) is 5.73 Å². The third kappa shape index (κ3) is 1.17. The molecule has 0 amide bonds. The van der Waals surface area contributed by atoms with Gasteiger partial charge in [0, 0.05) is 6.42 Å². The SMILES string of the molecule is N#Cc1ccoc1CCN. The number of nitrogens with two attached hydrogens (primary N) is 1. The van der Waals surface area contributed by atoms with Gasteiger partial charge in [-0.2, -0.15) is 5.26 Å². The van der Waals surface area contributed by atoms with Crippen molar-refractivity contribution >= 4 is 0 Å². The van der Waals surface area contributed by atoms with Crippen LogP contribution in [-0.2, 0) is 6.42 Å². The molecule has 0 atom stereocenters. The molecule has 0 aliphatic rings. The van der Waals surface area contributed by atoms with E-state index in [0.717, 1.165) is 0 Å². The zero-order valence-electron chi connectivity index (χ0n) is 5.50. The van der Waals surface area contributed by atoms with Crippen LogP contribution in [0.25, 0.3) is 0 Å². The lowest BCUT2D eigenvalue weighted by atomic mass is 10.2. The molecule has 52 valence electrons. The summed E-state index contributed by atoms with van der Waals surface area (Å²) in [7, 11) is 0. The Bertz CT molecular complexity index is 246. The van der Waals surface area contributed by atoms with E-state index in [1.165, 1.54) is 6.26 Å². The second kappa shape index (κ2) is 3.04. The van der Waals surface area contributed by atoms with Crippen molar-refractivity contribution < 1.29 is 4.42 Å². The van der Waals surface area contributed by atoms with E-state index >= 15 is 0 Å². The lowest BCUT2D eigenvalue weighted by Gasteiger charge is -1.89. The molecule has 1 heterocycles. The predicted octanol–water partition coefficient (Wildman–Crippen LogP) is 0.652. The molecule has 1 aromatic heterocycles. The minimum Gasteiger partial charge on any atom is -0.468 e. The van der Waals surface area contributed by atoms with Crippen molar-refractivity contribution in [1.82, 2.24) is 0 Å². The zero-order valence-corrected chi connectivity index (χ0v) is 5.50. The summed E-state index contributed by atoms with van der Waals surface area (Å²) < 4.78 is 4.99. The van der Waals surface area contributed by atoms with Crippen LogP contribution in [0.2, 0.25) is 0 Å². The van der Waals surface area contributed by atoms with E-state index in [1.807, 2.05) is 6.07 Å². The third-order valence-electron chi connectivity index (χ3n) is 1.24. The Balaban J connectivity index is 2.82. The van der Waals surface area contributed by atoms with E-state index in [4.69, 9.17) is 15.4 Å². The molecule has 1 aromatic rings. The van der Waals surface area contributed by atoms with E-state index < -0.39 is 0 Å². The largest absolute Gasteiger partial charge is 0.468 e. The molecule has 0 fully saturated rings. The Morgan fingerprint density at radius 2 is 2.50 bits per heavy atom. The molecule has 2 N–H and O–H groups in total. The summed E-state index contributed by atoms with van der Waals surface area (Å²) in [5, 5.41) is 8.48. The molecular formula is C7H8N2O. The summed E-state index contributed by atoms with van der Waals surface area (Å²) in [5.74, 6) is 0.685. The molecule has 1 rings (SSSR count). The second-order valence-corrected chi connectivity index (χ2v) is 1.91. The van der Waals surface area contributed by atoms with Gasteiger partial charge < -0.3 is 10.2 Å². The van der Waals surface area contributed by atoms with Crippen LogP contribution in [0, 0.1) is 11.3 Å². The van der Waals surface area contributed by atoms with E-state index in [0.29, 0.717) is 24.3 Å². The van der Waals surface area contributed by atoms with Gasteiger partial charge in [0.15, 0.2) is 0 Å². The smallest absolute Gasteiger partial charge is 0.122 e. The van der Waals surface area contributed by atoms with Gasteiger partial charge in [0.25, 0.3) is 0 Å². The van der Waals surface area contributed by atoms with Crippen molar-refractivity contribution in [3.63, 3.8) is 0 Å². The molecular weight excluding hydrogens is 128 g/mol. The molecule has 0 aliphatic heterocycles. The lowest BCUT2D eigenvalue weighted by Crippen LogP contribution is -2.02. The van der Waals surface area contributed by atoms with Crippen molar-refractivity contribution in [3.05, 3.63) is 23.7 Å². The van der Waals surface area contributed by atoms with Crippen LogP contribution >= 0.6 is 0 Å². The molecule has 10 heavy (non-hydrogen) atoms. The minimum atomic E-state index is 0.516. The normalized spacial score (nSPS) is 9.20. The van der Waals surface area contributed by atoms with E-state index in [2.05, 4.69) is 0 Å². The molecule has 0 aromatic carbocycles. The minimum absolute atomic E-state index is 0.516. The van der Waals surface area contributed by atoms with Crippen molar-refractivity contribution in [1.29, 1.82) is 5.26 Å². The summed E-state index contributed by atoms with van der Waals surface area (Å²) >= 11 is 0. The van der Waals surface area contributed by atoms with Gasteiger partial charge in [-0.3, -0.25) is 0 Å². The van der Waals surface area contributed by atoms with Gasteiger partial charge in [-0.1, -0.05) is 0 Å². The number of furan rings is 1. The predicted molar refractivity (Wildman–Crippen MR) is 36.2 cm³/mol. The maximum Gasteiger partial charge on any atom is 0.122 e. The summed E-state index contributed by atoms with van der Waals surface area (Å²) in [5.41, 5.74) is 5.86. The van der Waals surface area contributed by atoms with Crippen molar-refractivity contribution in [3.8, 4) is 6.07 Å². The highest BCUT2D eigenvalue weighted by Gasteiger charge is 2.02. The number of rotatable bonds is 2. The van der Waals surface area contributed by atoms with Gasteiger partial charge in [-0.15, -0.1) is 0 Å². The number of nitriles is 1. The molecule has 0 aliphatic carbocycles. The highest BCUT2D eigenvalue weighted by molar-refractivity contribution is 5.30. The summed E-state index contributed by atoms with van der Waals surface area (Å²) in [6, 6.07) is 3.65. The van der Waals surface area contributed by atoms with Gasteiger partial charge in [0.2, 0.25) is 0 Å². The standard InChI is InChI=1S/C7H8N2O/c8-3-1-7-6(5-9)2-4-10-7/h2,4H,1,3,8H2. The van der Waals surface area contributed by atoms with Crippen LogP contribution in [0.3, 0.4) is 0 Å². The third-order valence-corrected chi connectivity index (χ3v) is 1.24. The molecule has 0 saturated carbocycles. The molecule has 0 radical (unpaired) electrons. The van der Waals surface area contributed by atoms with E-state index in [1.54, 1.807) is 6.07 Å². The number of nitrogens with zero attached hydrogens (tertiary/aromatic N) is 1. The van der Waals surface area contributed by atoms with Crippen LogP contribution in [-0.4, -0.2) is 6.54 Å². The summed E-state index contributed by atoms with van der Waals surface area (Å²) in [6.07, 6.45) is 2.14. The van der Waals surface area contributed by atoms with Gasteiger partial charge in [0.05, 0.1) is 11.8 Å². The van der Waals surface area contributed by atoms with E-state index in [-0.39, 0.29) is 0 Å². The van der Waals surface area contributed by atoms with Crippen molar-refractivity contribution in [2.75, 3.05) is 6.54 Å². The fraction of sp³-hybridized carbons (Fsp3) is 0.286. The average molecular weight is 136 g/mol. The molecule has 3 heteroatoms. The molecule has 0 saturated heterocycles. The maximum atomic E-state index is 8.48. The molecule has 3 nitrogen and oxygen atoms in total. The number of hydrogen-bond acceptors (Lipinski definition) is 3. The van der Waals surface area contributed by atoms with Gasteiger partial charge in [-0.25, -0.2) is 0 Å². The second-order valence-electron chi connectivity index (χ2n) is 1.91. The highest BCUT2D eigenvalue weighted by atomic mass is 16.3. The first-order valence-corrected chi connectivity index (χ1v) is 3.05. The summed E-state index contributed by atoms with van der Waals surface area (Å²) in [6.45, 7) is 0.516. The Labute approximate surface area is 59.1 Å². The quantitative estimate of drug-likeness (QED) is 0.649. The molecule has 0 spiro atoms. The van der Waals surface area contributed by atoms with Crippen LogP contribution < -0.4 is 5.73 Å². The first-order valence-electron chi connectivity index (χ1n) is 3.05. The Hall–Kier alpha value is -1.27. The first kappa shape index (κ1) is 6.84. The topological polar surface area (TPSA) is 63.0 Å². The molecule has 0 bridgehead atoms. The van der Waals surface area contributed by atoms with Crippen LogP contribution in [0.4, 0.5) is 0 Å². The maximum absolute atomic E-state index is 8.48. The molecule has 0 unspecified atom stereocenters. The number of hydrogen-bond donors (Lipinski definition) is 1. The Morgan fingerprint density at radius 1 is 1.70 bits per heavy atom. The van der Waals surface area contributed by atoms with Crippen LogP contribution in [0.1, 0.15) is 11.3 Å². The highest BCUT2D eigenvalue weighted by Crippen LogP contribution is 2.08. The van der Waals surface area contributed by atoms with Gasteiger partial charge in [-0.05, 0) is 12.6 Å². The monoisotopic (exact) mass is 136 g/mol. The van der Waals surface area contributed by atoms with Crippen LogP contribution in [0.5, 0.6) is 0 Å². The van der Waals surface area contributed by atoms with Gasteiger partial charge >= 0.3 is 0 Å².